The maximum Gasteiger partial charge on any atom is 0.163 e. The lowest BCUT2D eigenvalue weighted by Gasteiger charge is -2.35. The molecule has 1 aromatic carbocycles. The van der Waals surface area contributed by atoms with Crippen LogP contribution >= 0.6 is 0 Å². The Balaban J connectivity index is 2.31. The van der Waals surface area contributed by atoms with E-state index in [4.69, 9.17) is 5.73 Å². The zero-order chi connectivity index (χ0) is 14.0. The van der Waals surface area contributed by atoms with Crippen LogP contribution in [0.4, 0.5) is 8.78 Å². The van der Waals surface area contributed by atoms with Crippen LogP contribution in [-0.4, -0.2) is 24.0 Å². The highest BCUT2D eigenvalue weighted by atomic mass is 19.2. The molecule has 4 heteroatoms. The van der Waals surface area contributed by atoms with Gasteiger partial charge in [0.05, 0.1) is 6.04 Å². The van der Waals surface area contributed by atoms with Gasteiger partial charge in [-0.1, -0.05) is 26.0 Å². The Morgan fingerprint density at radius 1 is 1.37 bits per heavy atom. The van der Waals surface area contributed by atoms with Crippen LogP contribution in [0.1, 0.15) is 38.3 Å². The fraction of sp³-hybridized carbons (Fsp3) is 0.600. The molecule has 0 amide bonds. The van der Waals surface area contributed by atoms with Gasteiger partial charge in [0.25, 0.3) is 0 Å². The Morgan fingerprint density at radius 2 is 2.11 bits per heavy atom. The number of hydrogen-bond donors (Lipinski definition) is 1. The summed E-state index contributed by atoms with van der Waals surface area (Å²) in [5, 5.41) is 0. The van der Waals surface area contributed by atoms with Gasteiger partial charge in [-0.25, -0.2) is 8.78 Å². The van der Waals surface area contributed by atoms with E-state index < -0.39 is 11.6 Å². The van der Waals surface area contributed by atoms with E-state index in [1.165, 1.54) is 0 Å². The summed E-state index contributed by atoms with van der Waals surface area (Å²) >= 11 is 0. The van der Waals surface area contributed by atoms with Crippen LogP contribution < -0.4 is 5.73 Å². The van der Waals surface area contributed by atoms with Gasteiger partial charge < -0.3 is 5.73 Å². The molecule has 0 spiro atoms. The number of halogens is 2. The third-order valence-corrected chi connectivity index (χ3v) is 4.08. The van der Waals surface area contributed by atoms with Crippen LogP contribution in [0.25, 0.3) is 0 Å². The van der Waals surface area contributed by atoms with Crippen molar-refractivity contribution in [3.8, 4) is 0 Å². The molecule has 1 fully saturated rings. The number of likely N-dealkylation sites (tertiary alicyclic amines) is 1. The Kier molecular flexibility index (Phi) is 4.53. The molecule has 1 aromatic rings. The molecule has 1 saturated heterocycles. The molecule has 2 N–H and O–H groups in total. The maximum atomic E-state index is 14.0. The first-order valence-electron chi connectivity index (χ1n) is 6.96. The van der Waals surface area contributed by atoms with Crippen LogP contribution in [0.15, 0.2) is 18.2 Å². The molecule has 1 heterocycles. The molecule has 0 aromatic heterocycles. The first-order chi connectivity index (χ1) is 9.06. The summed E-state index contributed by atoms with van der Waals surface area (Å²) in [5.74, 6) is -1.06. The molecule has 1 aliphatic heterocycles. The van der Waals surface area contributed by atoms with Crippen LogP contribution in [0.3, 0.4) is 0 Å². The van der Waals surface area contributed by atoms with Gasteiger partial charge in [-0.2, -0.15) is 0 Å². The summed E-state index contributed by atoms with van der Waals surface area (Å²) in [6.45, 7) is 5.54. The zero-order valence-electron chi connectivity index (χ0n) is 11.6. The van der Waals surface area contributed by atoms with E-state index in [0.29, 0.717) is 24.1 Å². The van der Waals surface area contributed by atoms with E-state index >= 15 is 0 Å². The van der Waals surface area contributed by atoms with E-state index in [9.17, 15) is 8.78 Å². The second-order valence-electron chi connectivity index (χ2n) is 5.59. The van der Waals surface area contributed by atoms with Crippen molar-refractivity contribution in [2.45, 2.75) is 38.8 Å². The molecule has 0 bridgehead atoms. The van der Waals surface area contributed by atoms with E-state index in [1.807, 2.05) is 0 Å². The van der Waals surface area contributed by atoms with E-state index in [-0.39, 0.29) is 6.04 Å². The number of rotatable bonds is 4. The fourth-order valence-corrected chi connectivity index (χ4v) is 3.14. The van der Waals surface area contributed by atoms with Gasteiger partial charge in [-0.3, -0.25) is 4.90 Å². The number of hydrogen-bond acceptors (Lipinski definition) is 2. The SMILES string of the molecule is CC(C)C1CCCN1C(CN)c1cccc(F)c1F. The third-order valence-electron chi connectivity index (χ3n) is 4.08. The highest BCUT2D eigenvalue weighted by Crippen LogP contribution is 2.33. The normalized spacial score (nSPS) is 22.1. The Bertz CT molecular complexity index is 434. The Hall–Kier alpha value is -1.00. The molecule has 2 nitrogen and oxygen atoms in total. The summed E-state index contributed by atoms with van der Waals surface area (Å²) in [5.41, 5.74) is 6.22. The van der Waals surface area contributed by atoms with Crippen LogP contribution in [0.2, 0.25) is 0 Å². The predicted octanol–water partition coefficient (Wildman–Crippen LogP) is 3.09. The summed E-state index contributed by atoms with van der Waals surface area (Å²) in [4.78, 5) is 2.24. The van der Waals surface area contributed by atoms with Crippen molar-refractivity contribution in [3.63, 3.8) is 0 Å². The third kappa shape index (κ3) is 2.79. The minimum Gasteiger partial charge on any atom is -0.329 e. The van der Waals surface area contributed by atoms with Gasteiger partial charge in [0.1, 0.15) is 0 Å². The average molecular weight is 268 g/mol. The van der Waals surface area contributed by atoms with Gasteiger partial charge in [0.15, 0.2) is 11.6 Å². The van der Waals surface area contributed by atoms with Crippen LogP contribution in [0, 0.1) is 17.6 Å². The lowest BCUT2D eigenvalue weighted by molar-refractivity contribution is 0.146. The summed E-state index contributed by atoms with van der Waals surface area (Å²) in [7, 11) is 0. The molecular weight excluding hydrogens is 246 g/mol. The number of benzene rings is 1. The minimum absolute atomic E-state index is 0.231. The number of nitrogens with zero attached hydrogens (tertiary/aromatic N) is 1. The van der Waals surface area contributed by atoms with E-state index in [2.05, 4.69) is 18.7 Å². The molecule has 0 saturated carbocycles. The summed E-state index contributed by atoms with van der Waals surface area (Å²) in [6, 6.07) is 4.51. The molecule has 0 aliphatic carbocycles. The monoisotopic (exact) mass is 268 g/mol. The molecule has 2 atom stereocenters. The standard InChI is InChI=1S/C15H22F2N2/c1-10(2)13-7-4-8-19(13)14(9-18)11-5-3-6-12(16)15(11)17/h3,5-6,10,13-14H,4,7-9,18H2,1-2H3. The van der Waals surface area contributed by atoms with Gasteiger partial charge in [0, 0.05) is 18.2 Å². The van der Waals surface area contributed by atoms with Crippen LogP contribution in [0.5, 0.6) is 0 Å². The highest BCUT2D eigenvalue weighted by molar-refractivity contribution is 5.23. The smallest absolute Gasteiger partial charge is 0.163 e. The molecule has 0 radical (unpaired) electrons. The number of nitrogens with two attached hydrogens (primary N) is 1. The van der Waals surface area contributed by atoms with Crippen molar-refractivity contribution < 1.29 is 8.78 Å². The highest BCUT2D eigenvalue weighted by Gasteiger charge is 2.34. The van der Waals surface area contributed by atoms with E-state index in [0.717, 1.165) is 25.5 Å². The molecule has 2 rings (SSSR count). The van der Waals surface area contributed by atoms with Crippen molar-refractivity contribution in [2.24, 2.45) is 11.7 Å². The summed E-state index contributed by atoms with van der Waals surface area (Å²) in [6.07, 6.45) is 2.20. The topological polar surface area (TPSA) is 29.3 Å². The second kappa shape index (κ2) is 5.97. The van der Waals surface area contributed by atoms with Gasteiger partial charge in [-0.15, -0.1) is 0 Å². The average Bonchev–Trinajstić information content (AvgIpc) is 2.85. The van der Waals surface area contributed by atoms with Crippen molar-refractivity contribution in [2.75, 3.05) is 13.1 Å². The van der Waals surface area contributed by atoms with Crippen LogP contribution in [-0.2, 0) is 0 Å². The largest absolute Gasteiger partial charge is 0.329 e. The first-order valence-corrected chi connectivity index (χ1v) is 6.96. The maximum absolute atomic E-state index is 14.0. The second-order valence-corrected chi connectivity index (χ2v) is 5.59. The molecular formula is C15H22F2N2. The Labute approximate surface area is 113 Å². The van der Waals surface area contributed by atoms with Gasteiger partial charge >= 0.3 is 0 Å². The molecule has 19 heavy (non-hydrogen) atoms. The molecule has 2 unspecified atom stereocenters. The van der Waals surface area contributed by atoms with Crippen molar-refractivity contribution >= 4 is 0 Å². The molecule has 106 valence electrons. The lowest BCUT2D eigenvalue weighted by atomic mass is 9.98. The lowest BCUT2D eigenvalue weighted by Crippen LogP contribution is -2.40. The van der Waals surface area contributed by atoms with Gasteiger partial charge in [-0.05, 0) is 31.4 Å². The Morgan fingerprint density at radius 3 is 2.74 bits per heavy atom. The fourth-order valence-electron chi connectivity index (χ4n) is 3.14. The van der Waals surface area contributed by atoms with Crippen molar-refractivity contribution in [1.82, 2.24) is 4.90 Å². The first kappa shape index (κ1) is 14.4. The van der Waals surface area contributed by atoms with Gasteiger partial charge in [0.2, 0.25) is 0 Å². The summed E-state index contributed by atoms with van der Waals surface area (Å²) < 4.78 is 27.3. The van der Waals surface area contributed by atoms with E-state index in [1.54, 1.807) is 12.1 Å². The van der Waals surface area contributed by atoms with Crippen molar-refractivity contribution in [3.05, 3.63) is 35.4 Å². The zero-order valence-corrected chi connectivity index (χ0v) is 11.6. The van der Waals surface area contributed by atoms with Crippen molar-refractivity contribution in [1.29, 1.82) is 0 Å². The molecule has 1 aliphatic rings. The quantitative estimate of drug-likeness (QED) is 0.909. The predicted molar refractivity (Wildman–Crippen MR) is 72.7 cm³/mol. The minimum atomic E-state index is -0.795.